The van der Waals surface area contributed by atoms with Gasteiger partial charge >= 0.3 is 5.97 Å². The number of hydrogen-bond donors (Lipinski definition) is 1. The fourth-order valence-corrected chi connectivity index (χ4v) is 1.04. The number of ether oxygens (including phenoxy) is 1. The van der Waals surface area contributed by atoms with Crippen LogP contribution in [0, 0.1) is 0 Å². The van der Waals surface area contributed by atoms with Crippen molar-refractivity contribution in [3.63, 3.8) is 0 Å². The first kappa shape index (κ1) is 10.8. The van der Waals surface area contributed by atoms with Crippen LogP contribution in [0.5, 0.6) is 0 Å². The van der Waals surface area contributed by atoms with Gasteiger partial charge in [-0.05, 0) is 25.4 Å². The molecule has 0 aliphatic heterocycles. The van der Waals surface area contributed by atoms with Crippen molar-refractivity contribution in [3.8, 4) is 0 Å². The predicted molar refractivity (Wildman–Crippen MR) is 45.6 cm³/mol. The highest BCUT2D eigenvalue weighted by atomic mass is 32.2. The maximum absolute atomic E-state index is 10.8. The van der Waals surface area contributed by atoms with Crippen molar-refractivity contribution < 1.29 is 14.6 Å². The molecule has 0 amide bonds. The lowest BCUT2D eigenvalue weighted by Gasteiger charge is -2.07. The quantitative estimate of drug-likeness (QED) is 0.628. The molecule has 0 aromatic heterocycles. The van der Waals surface area contributed by atoms with Crippen molar-refractivity contribution in [1.29, 1.82) is 0 Å². The maximum atomic E-state index is 10.8. The first-order valence-electron chi connectivity index (χ1n) is 3.56. The average Bonchev–Trinajstić information content (AvgIpc) is 2.00. The molecule has 66 valence electrons. The summed E-state index contributed by atoms with van der Waals surface area (Å²) < 4.78 is 4.60. The van der Waals surface area contributed by atoms with Gasteiger partial charge in [0.1, 0.15) is 0 Å². The monoisotopic (exact) mass is 178 g/mol. The zero-order chi connectivity index (χ0) is 8.69. The van der Waals surface area contributed by atoms with E-state index in [4.69, 9.17) is 5.11 Å². The number of carbonyl (C=O) groups is 1. The van der Waals surface area contributed by atoms with Crippen molar-refractivity contribution in [1.82, 2.24) is 0 Å². The lowest BCUT2D eigenvalue weighted by atomic mass is 10.3. The lowest BCUT2D eigenvalue weighted by Crippen LogP contribution is -2.23. The Morgan fingerprint density at radius 3 is 2.82 bits per heavy atom. The zero-order valence-corrected chi connectivity index (χ0v) is 7.69. The fraction of sp³-hybridized carbons (Fsp3) is 0.857. The minimum absolute atomic E-state index is 0.329. The molecule has 0 bridgehead atoms. The summed E-state index contributed by atoms with van der Waals surface area (Å²) in [4.78, 5) is 10.8. The Hall–Kier alpha value is -0.220. The molecule has 0 saturated carbocycles. The third kappa shape index (κ3) is 5.09. The van der Waals surface area contributed by atoms with Crippen molar-refractivity contribution in [3.05, 3.63) is 0 Å². The Kier molecular flexibility index (Phi) is 6.36. The van der Waals surface area contributed by atoms with Crippen LogP contribution in [0.1, 0.15) is 13.3 Å². The number of aliphatic hydroxyl groups is 1. The van der Waals surface area contributed by atoms with E-state index in [-0.39, 0.29) is 0 Å². The van der Waals surface area contributed by atoms with Gasteiger partial charge < -0.3 is 9.84 Å². The van der Waals surface area contributed by atoms with Crippen LogP contribution in [-0.4, -0.2) is 35.8 Å². The molecule has 1 N–H and O–H groups in total. The third-order valence-electron chi connectivity index (χ3n) is 1.15. The first-order chi connectivity index (χ1) is 5.22. The highest BCUT2D eigenvalue weighted by molar-refractivity contribution is 7.98. The molecular weight excluding hydrogens is 164 g/mol. The van der Waals surface area contributed by atoms with Gasteiger partial charge in [0.05, 0.1) is 6.61 Å². The molecule has 4 heteroatoms. The molecule has 0 unspecified atom stereocenters. The standard InChI is InChI=1S/C7H14O3S/c1-3-10-7(9)6(8)4-5-11-2/h6,8H,3-5H2,1-2H3/t6-/m0/s1. The van der Waals surface area contributed by atoms with Crippen molar-refractivity contribution >= 4 is 17.7 Å². The smallest absolute Gasteiger partial charge is 0.334 e. The summed E-state index contributed by atoms with van der Waals surface area (Å²) in [6.07, 6.45) is 1.46. The molecule has 0 saturated heterocycles. The van der Waals surface area contributed by atoms with Crippen LogP contribution < -0.4 is 0 Å². The van der Waals surface area contributed by atoms with Crippen LogP contribution in [-0.2, 0) is 9.53 Å². The summed E-state index contributed by atoms with van der Waals surface area (Å²) in [6, 6.07) is 0. The molecule has 0 radical (unpaired) electrons. The van der Waals surface area contributed by atoms with E-state index < -0.39 is 12.1 Å². The molecule has 0 aliphatic carbocycles. The molecule has 0 fully saturated rings. The van der Waals surface area contributed by atoms with E-state index in [9.17, 15) is 4.79 Å². The van der Waals surface area contributed by atoms with Crippen LogP contribution in [0.3, 0.4) is 0 Å². The molecule has 0 spiro atoms. The summed E-state index contributed by atoms with van der Waals surface area (Å²) in [5, 5.41) is 9.09. The van der Waals surface area contributed by atoms with E-state index in [1.165, 1.54) is 0 Å². The van der Waals surface area contributed by atoms with Crippen LogP contribution in [0.2, 0.25) is 0 Å². The van der Waals surface area contributed by atoms with Crippen molar-refractivity contribution in [2.75, 3.05) is 18.6 Å². The SMILES string of the molecule is CCOC(=O)[C@@H](O)CCSC. The second-order valence-electron chi connectivity index (χ2n) is 2.05. The van der Waals surface area contributed by atoms with Gasteiger partial charge in [-0.1, -0.05) is 0 Å². The molecule has 11 heavy (non-hydrogen) atoms. The predicted octanol–water partition coefficient (Wildman–Crippen LogP) is 0.663. The number of esters is 1. The molecular formula is C7H14O3S. The Balaban J connectivity index is 3.46. The van der Waals surface area contributed by atoms with Gasteiger partial charge in [0.2, 0.25) is 0 Å². The molecule has 0 aromatic carbocycles. The van der Waals surface area contributed by atoms with E-state index in [0.29, 0.717) is 13.0 Å². The topological polar surface area (TPSA) is 46.5 Å². The van der Waals surface area contributed by atoms with Crippen LogP contribution in [0.4, 0.5) is 0 Å². The summed E-state index contributed by atoms with van der Waals surface area (Å²) in [5.41, 5.74) is 0. The molecule has 3 nitrogen and oxygen atoms in total. The lowest BCUT2D eigenvalue weighted by molar-refractivity contribution is -0.153. The summed E-state index contributed by atoms with van der Waals surface area (Å²) >= 11 is 1.60. The summed E-state index contributed by atoms with van der Waals surface area (Å²) in [7, 11) is 0. The number of carbonyl (C=O) groups excluding carboxylic acids is 1. The first-order valence-corrected chi connectivity index (χ1v) is 4.95. The third-order valence-corrected chi connectivity index (χ3v) is 1.80. The van der Waals surface area contributed by atoms with E-state index in [2.05, 4.69) is 4.74 Å². The highest BCUT2D eigenvalue weighted by Crippen LogP contribution is 2.01. The van der Waals surface area contributed by atoms with Crippen molar-refractivity contribution in [2.24, 2.45) is 0 Å². The summed E-state index contributed by atoms with van der Waals surface area (Å²) in [6.45, 7) is 2.05. The van der Waals surface area contributed by atoms with E-state index in [1.54, 1.807) is 18.7 Å². The second-order valence-corrected chi connectivity index (χ2v) is 3.03. The molecule has 1 atom stereocenters. The fourth-order valence-electron chi connectivity index (χ4n) is 0.586. The largest absolute Gasteiger partial charge is 0.464 e. The van der Waals surface area contributed by atoms with E-state index >= 15 is 0 Å². The highest BCUT2D eigenvalue weighted by Gasteiger charge is 2.14. The Morgan fingerprint density at radius 1 is 1.73 bits per heavy atom. The zero-order valence-electron chi connectivity index (χ0n) is 6.87. The van der Waals surface area contributed by atoms with Gasteiger partial charge in [-0.15, -0.1) is 0 Å². The van der Waals surface area contributed by atoms with Gasteiger partial charge in [-0.3, -0.25) is 0 Å². The number of hydrogen-bond acceptors (Lipinski definition) is 4. The number of thioether (sulfide) groups is 1. The van der Waals surface area contributed by atoms with Gasteiger partial charge in [0, 0.05) is 0 Å². The minimum Gasteiger partial charge on any atom is -0.464 e. The molecule has 0 aliphatic rings. The summed E-state index contributed by atoms with van der Waals surface area (Å²) in [5.74, 6) is 0.265. The Bertz CT molecular complexity index is 116. The normalized spacial score (nSPS) is 12.6. The van der Waals surface area contributed by atoms with Crippen molar-refractivity contribution in [2.45, 2.75) is 19.4 Å². The molecule has 0 aromatic rings. The van der Waals surface area contributed by atoms with Gasteiger partial charge in [0.25, 0.3) is 0 Å². The van der Waals surface area contributed by atoms with Gasteiger partial charge in [-0.2, -0.15) is 11.8 Å². The van der Waals surface area contributed by atoms with E-state index in [1.807, 2.05) is 6.26 Å². The van der Waals surface area contributed by atoms with E-state index in [0.717, 1.165) is 5.75 Å². The van der Waals surface area contributed by atoms with Crippen LogP contribution >= 0.6 is 11.8 Å². The number of aliphatic hydroxyl groups excluding tert-OH is 1. The molecule has 0 heterocycles. The Labute approximate surface area is 71.1 Å². The number of rotatable bonds is 5. The Morgan fingerprint density at radius 2 is 2.36 bits per heavy atom. The van der Waals surface area contributed by atoms with Gasteiger partial charge in [0.15, 0.2) is 6.10 Å². The van der Waals surface area contributed by atoms with Crippen LogP contribution in [0.15, 0.2) is 0 Å². The van der Waals surface area contributed by atoms with Crippen LogP contribution in [0.25, 0.3) is 0 Å². The maximum Gasteiger partial charge on any atom is 0.334 e. The van der Waals surface area contributed by atoms with Gasteiger partial charge in [-0.25, -0.2) is 4.79 Å². The minimum atomic E-state index is -0.942. The molecule has 0 rings (SSSR count). The second kappa shape index (κ2) is 6.49. The average molecular weight is 178 g/mol.